The van der Waals surface area contributed by atoms with Crippen LogP contribution in [0, 0.1) is 0 Å². The summed E-state index contributed by atoms with van der Waals surface area (Å²) in [7, 11) is 3.30. The molecule has 1 fully saturated rings. The van der Waals surface area contributed by atoms with E-state index in [4.69, 9.17) is 18.9 Å². The molecule has 4 atom stereocenters. The normalized spacial score (nSPS) is 32.0. The van der Waals surface area contributed by atoms with E-state index in [2.05, 4.69) is 23.6 Å². The number of aliphatic hydroxyl groups excluding tert-OH is 1. The number of hydrogen-bond acceptors (Lipinski definition) is 6. The van der Waals surface area contributed by atoms with Gasteiger partial charge in [0.05, 0.1) is 19.8 Å². The Morgan fingerprint density at radius 3 is 2.76 bits per heavy atom. The van der Waals surface area contributed by atoms with Crippen molar-refractivity contribution in [3.63, 3.8) is 0 Å². The van der Waals surface area contributed by atoms with Crippen molar-refractivity contribution in [2.75, 3.05) is 27.6 Å². The Labute approximate surface area is 169 Å². The molecule has 29 heavy (non-hydrogen) atoms. The highest BCUT2D eigenvalue weighted by atomic mass is 16.7. The van der Waals surface area contributed by atoms with Crippen LogP contribution in [-0.2, 0) is 17.5 Å². The van der Waals surface area contributed by atoms with Gasteiger partial charge in [0, 0.05) is 12.1 Å². The standard InChI is InChI=1S/C23H23NO5/c1-4-8-22-19-14(5-6-16(26-2)20(19)27-3)21(25)23(22)15-11-18-17(28-12-29-18)10-13(15)7-9-24(22)23/h4-6,10-11,21,25H,1,7-9,12H2,2-3H3/t21-,22+,23-,24?/m0/s1. The largest absolute Gasteiger partial charge is 0.493 e. The number of rotatable bonds is 4. The Morgan fingerprint density at radius 2 is 2.03 bits per heavy atom. The molecule has 6 nitrogen and oxygen atoms in total. The van der Waals surface area contributed by atoms with Gasteiger partial charge in [-0.25, -0.2) is 0 Å². The van der Waals surface area contributed by atoms with Gasteiger partial charge in [-0.15, -0.1) is 6.58 Å². The zero-order valence-corrected chi connectivity index (χ0v) is 16.5. The van der Waals surface area contributed by atoms with Crippen LogP contribution in [0.1, 0.15) is 34.8 Å². The van der Waals surface area contributed by atoms with Crippen LogP contribution in [0.15, 0.2) is 36.9 Å². The molecule has 2 aromatic rings. The average molecular weight is 393 g/mol. The Morgan fingerprint density at radius 1 is 1.24 bits per heavy atom. The lowest BCUT2D eigenvalue weighted by Crippen LogP contribution is -2.30. The van der Waals surface area contributed by atoms with Crippen LogP contribution >= 0.6 is 0 Å². The quantitative estimate of drug-likeness (QED) is 0.637. The van der Waals surface area contributed by atoms with Crippen molar-refractivity contribution in [2.45, 2.75) is 30.0 Å². The zero-order valence-electron chi connectivity index (χ0n) is 16.5. The highest BCUT2D eigenvalue weighted by Crippen LogP contribution is 2.80. The molecule has 3 heterocycles. The van der Waals surface area contributed by atoms with Gasteiger partial charge in [-0.05, 0) is 47.7 Å². The number of aliphatic hydroxyl groups is 1. The number of benzene rings is 2. The van der Waals surface area contributed by atoms with E-state index in [0.717, 1.165) is 41.2 Å². The smallest absolute Gasteiger partial charge is 0.231 e. The molecule has 150 valence electrons. The third kappa shape index (κ3) is 1.68. The maximum atomic E-state index is 11.7. The second-order valence-electron chi connectivity index (χ2n) is 8.05. The number of nitrogens with zero attached hydrogens (tertiary/aromatic N) is 1. The van der Waals surface area contributed by atoms with E-state index >= 15 is 0 Å². The van der Waals surface area contributed by atoms with Crippen molar-refractivity contribution in [1.29, 1.82) is 0 Å². The fourth-order valence-corrected chi connectivity index (χ4v) is 6.25. The average Bonchev–Trinajstić information content (AvgIpc) is 2.98. The maximum absolute atomic E-state index is 11.7. The molecule has 1 N–H and O–H groups in total. The van der Waals surface area contributed by atoms with Gasteiger partial charge in [0.25, 0.3) is 0 Å². The lowest BCUT2D eigenvalue weighted by molar-refractivity contribution is 0.101. The fourth-order valence-electron chi connectivity index (χ4n) is 6.25. The van der Waals surface area contributed by atoms with E-state index in [9.17, 15) is 5.11 Å². The lowest BCUT2D eigenvalue weighted by Gasteiger charge is -2.30. The van der Waals surface area contributed by atoms with Crippen LogP contribution in [0.2, 0.25) is 0 Å². The number of fused-ring (bicyclic) bond motifs is 5. The molecule has 0 radical (unpaired) electrons. The summed E-state index contributed by atoms with van der Waals surface area (Å²) in [5.41, 5.74) is 3.25. The summed E-state index contributed by atoms with van der Waals surface area (Å²) in [6.45, 7) is 5.12. The van der Waals surface area contributed by atoms with E-state index in [1.54, 1.807) is 14.2 Å². The highest BCUT2D eigenvalue weighted by Gasteiger charge is 2.84. The van der Waals surface area contributed by atoms with E-state index in [1.165, 1.54) is 5.56 Å². The zero-order chi connectivity index (χ0) is 20.0. The first-order valence-electron chi connectivity index (χ1n) is 9.90. The van der Waals surface area contributed by atoms with Crippen molar-refractivity contribution in [2.24, 2.45) is 0 Å². The van der Waals surface area contributed by atoms with Crippen LogP contribution in [-0.4, -0.2) is 37.6 Å². The first-order valence-corrected chi connectivity index (χ1v) is 9.90. The summed E-state index contributed by atoms with van der Waals surface area (Å²) in [6.07, 6.45) is 2.85. The molecule has 0 bridgehead atoms. The van der Waals surface area contributed by atoms with Crippen LogP contribution in [0.25, 0.3) is 0 Å². The minimum Gasteiger partial charge on any atom is -0.493 e. The van der Waals surface area contributed by atoms with E-state index < -0.39 is 17.2 Å². The van der Waals surface area contributed by atoms with E-state index in [0.29, 0.717) is 17.9 Å². The summed E-state index contributed by atoms with van der Waals surface area (Å²) in [4.78, 5) is 2.40. The number of methoxy groups -OCH3 is 2. The molecule has 0 amide bonds. The molecule has 2 aromatic carbocycles. The Bertz CT molecular complexity index is 1070. The molecule has 1 saturated heterocycles. The third-order valence-corrected chi connectivity index (χ3v) is 7.20. The maximum Gasteiger partial charge on any atom is 0.231 e. The first kappa shape index (κ1) is 17.2. The van der Waals surface area contributed by atoms with E-state index in [1.807, 2.05) is 18.2 Å². The van der Waals surface area contributed by atoms with Gasteiger partial charge in [-0.2, -0.15) is 0 Å². The topological polar surface area (TPSA) is 60.2 Å². The second kappa shape index (κ2) is 5.46. The highest BCUT2D eigenvalue weighted by molar-refractivity contribution is 5.70. The van der Waals surface area contributed by atoms with Gasteiger partial charge in [-0.1, -0.05) is 12.1 Å². The molecule has 1 unspecified atom stereocenters. The van der Waals surface area contributed by atoms with Crippen molar-refractivity contribution in [3.8, 4) is 23.0 Å². The molecule has 0 saturated carbocycles. The summed E-state index contributed by atoms with van der Waals surface area (Å²) in [5.74, 6) is 2.90. The Hall–Kier alpha value is -2.70. The van der Waals surface area contributed by atoms with Gasteiger partial charge in [0.2, 0.25) is 6.79 Å². The molecule has 1 spiro atoms. The molecule has 3 aliphatic heterocycles. The van der Waals surface area contributed by atoms with Crippen molar-refractivity contribution < 1.29 is 24.1 Å². The van der Waals surface area contributed by atoms with Gasteiger partial charge < -0.3 is 24.1 Å². The van der Waals surface area contributed by atoms with Crippen molar-refractivity contribution in [1.82, 2.24) is 4.90 Å². The van der Waals surface area contributed by atoms with Gasteiger partial charge >= 0.3 is 0 Å². The summed E-state index contributed by atoms with van der Waals surface area (Å²) >= 11 is 0. The van der Waals surface area contributed by atoms with Gasteiger partial charge in [-0.3, -0.25) is 4.90 Å². The van der Waals surface area contributed by atoms with Crippen molar-refractivity contribution in [3.05, 3.63) is 59.2 Å². The van der Waals surface area contributed by atoms with Crippen molar-refractivity contribution >= 4 is 0 Å². The van der Waals surface area contributed by atoms with Gasteiger partial charge in [0.15, 0.2) is 23.0 Å². The Kier molecular flexibility index (Phi) is 3.24. The monoisotopic (exact) mass is 393 g/mol. The summed E-state index contributed by atoms with van der Waals surface area (Å²) in [5, 5.41) is 11.7. The molecule has 4 aliphatic rings. The van der Waals surface area contributed by atoms with E-state index in [-0.39, 0.29) is 6.79 Å². The Balaban J connectivity index is 1.65. The summed E-state index contributed by atoms with van der Waals surface area (Å²) in [6, 6.07) is 7.98. The lowest BCUT2D eigenvalue weighted by atomic mass is 9.80. The SMILES string of the molecule is C=CC[C@@]12c3c(ccc(OC)c3OC)[C@H](O)[C@@]13c1cc4c(cc1CCN23)OCO4. The second-order valence-corrected chi connectivity index (χ2v) is 8.05. The first-order chi connectivity index (χ1) is 14.1. The number of hydrogen-bond donors (Lipinski definition) is 1. The van der Waals surface area contributed by atoms with Crippen LogP contribution in [0.4, 0.5) is 0 Å². The fraction of sp³-hybridized carbons (Fsp3) is 0.391. The predicted molar refractivity (Wildman–Crippen MR) is 106 cm³/mol. The van der Waals surface area contributed by atoms with Gasteiger partial charge in [0.1, 0.15) is 11.6 Å². The van der Waals surface area contributed by atoms with Crippen LogP contribution in [0.5, 0.6) is 23.0 Å². The van der Waals surface area contributed by atoms with Crippen LogP contribution in [0.3, 0.4) is 0 Å². The molecule has 6 heteroatoms. The number of ether oxygens (including phenoxy) is 4. The summed E-state index contributed by atoms with van der Waals surface area (Å²) < 4.78 is 22.7. The molecular weight excluding hydrogens is 370 g/mol. The minimum absolute atomic E-state index is 0.237. The minimum atomic E-state index is -0.684. The molecule has 1 aliphatic carbocycles. The molecule has 0 aromatic heterocycles. The third-order valence-electron chi connectivity index (χ3n) is 7.20. The predicted octanol–water partition coefficient (Wildman–Crippen LogP) is 3.02. The molecular formula is C23H23NO5. The molecule has 6 rings (SSSR count). The van der Waals surface area contributed by atoms with Crippen LogP contribution < -0.4 is 18.9 Å².